The normalized spacial score (nSPS) is 23.4. The Balaban J connectivity index is 2.19. The smallest absolute Gasteiger partial charge is 0.342 e. The summed E-state index contributed by atoms with van der Waals surface area (Å²) < 4.78 is 10.5. The van der Waals surface area contributed by atoms with Gasteiger partial charge < -0.3 is 19.7 Å². The highest BCUT2D eigenvalue weighted by atomic mass is 16.5. The molecular formula is C23H30O6. The van der Waals surface area contributed by atoms with Gasteiger partial charge in [0.15, 0.2) is 0 Å². The van der Waals surface area contributed by atoms with E-state index in [1.54, 1.807) is 12.1 Å². The third-order valence-corrected chi connectivity index (χ3v) is 5.12. The molecule has 0 bridgehead atoms. The van der Waals surface area contributed by atoms with E-state index < -0.39 is 24.1 Å². The van der Waals surface area contributed by atoms with E-state index in [1.165, 1.54) is 18.2 Å². The summed E-state index contributed by atoms with van der Waals surface area (Å²) in [6.45, 7) is 5.58. The van der Waals surface area contributed by atoms with E-state index in [9.17, 15) is 19.8 Å². The molecule has 1 aliphatic heterocycles. The van der Waals surface area contributed by atoms with E-state index in [0.717, 1.165) is 24.8 Å². The number of carbonyl (C=O) groups is 2. The molecule has 3 unspecified atom stereocenters. The number of esters is 2. The second-order valence-corrected chi connectivity index (χ2v) is 7.42. The molecule has 6 heteroatoms. The van der Waals surface area contributed by atoms with Gasteiger partial charge in [-0.1, -0.05) is 44.2 Å². The average Bonchev–Trinajstić information content (AvgIpc) is 2.68. The van der Waals surface area contributed by atoms with E-state index in [2.05, 4.69) is 6.58 Å². The molecule has 0 saturated carbocycles. The fourth-order valence-electron chi connectivity index (χ4n) is 3.41. The highest BCUT2D eigenvalue weighted by molar-refractivity contribution is 5.94. The van der Waals surface area contributed by atoms with Crippen molar-refractivity contribution in [2.24, 2.45) is 5.92 Å². The van der Waals surface area contributed by atoms with Crippen molar-refractivity contribution in [1.29, 1.82) is 0 Å². The zero-order valence-electron chi connectivity index (χ0n) is 16.9. The minimum Gasteiger partial charge on any atom is -0.507 e. The first-order valence-corrected chi connectivity index (χ1v) is 10.1. The number of hydrogen-bond acceptors (Lipinski definition) is 6. The maximum atomic E-state index is 12.8. The number of phenols is 1. The Morgan fingerprint density at radius 1 is 1.38 bits per heavy atom. The van der Waals surface area contributed by atoms with Crippen molar-refractivity contribution in [1.82, 2.24) is 0 Å². The van der Waals surface area contributed by atoms with E-state index in [1.807, 2.05) is 13.0 Å². The summed E-state index contributed by atoms with van der Waals surface area (Å²) in [7, 11) is 0. The van der Waals surface area contributed by atoms with Crippen molar-refractivity contribution < 1.29 is 29.3 Å². The summed E-state index contributed by atoms with van der Waals surface area (Å²) in [5, 5.41) is 20.7. The van der Waals surface area contributed by atoms with E-state index in [4.69, 9.17) is 9.47 Å². The van der Waals surface area contributed by atoms with Gasteiger partial charge in [-0.25, -0.2) is 9.59 Å². The predicted octanol–water partition coefficient (Wildman–Crippen LogP) is 3.71. The second-order valence-electron chi connectivity index (χ2n) is 7.42. The number of carbonyl (C=O) groups excluding carboxylic acids is 2. The molecule has 6 nitrogen and oxygen atoms in total. The van der Waals surface area contributed by atoms with E-state index in [0.29, 0.717) is 6.42 Å². The molecule has 0 aliphatic carbocycles. The standard InChI is InChI=1S/C23H30O6/c1-3-14-28-21(26)13-7-11-18-15-20(25)16(2)8-4-5-9-17-10-6-12-19(24)22(17)23(27)29-18/h3,6-7,10,12-13,16,18,20,24-25H,1,4-5,8-9,11,14-15H2,2H3/b13-7+. The lowest BCUT2D eigenvalue weighted by molar-refractivity contribution is -0.136. The lowest BCUT2D eigenvalue weighted by Gasteiger charge is -2.25. The molecule has 29 heavy (non-hydrogen) atoms. The van der Waals surface area contributed by atoms with Crippen LogP contribution in [0, 0.1) is 5.92 Å². The maximum absolute atomic E-state index is 12.8. The van der Waals surface area contributed by atoms with Crippen LogP contribution in [0.5, 0.6) is 5.75 Å². The summed E-state index contributed by atoms with van der Waals surface area (Å²) in [4.78, 5) is 24.4. The van der Waals surface area contributed by atoms with Crippen LogP contribution in [0.1, 0.15) is 54.9 Å². The first-order valence-electron chi connectivity index (χ1n) is 10.1. The summed E-state index contributed by atoms with van der Waals surface area (Å²) in [6.07, 6.45) is 6.86. The van der Waals surface area contributed by atoms with Crippen LogP contribution in [0.4, 0.5) is 0 Å². The van der Waals surface area contributed by atoms with Crippen molar-refractivity contribution in [3.8, 4) is 5.75 Å². The number of benzene rings is 1. The Kier molecular flexibility index (Phi) is 8.93. The van der Waals surface area contributed by atoms with Crippen LogP contribution in [-0.4, -0.2) is 41.0 Å². The highest BCUT2D eigenvalue weighted by Gasteiger charge is 2.26. The van der Waals surface area contributed by atoms with Gasteiger partial charge in [0.2, 0.25) is 0 Å². The van der Waals surface area contributed by atoms with E-state index >= 15 is 0 Å². The fourth-order valence-corrected chi connectivity index (χ4v) is 3.41. The molecule has 2 N–H and O–H groups in total. The number of rotatable bonds is 5. The largest absolute Gasteiger partial charge is 0.507 e. The van der Waals surface area contributed by atoms with Crippen LogP contribution in [0.25, 0.3) is 0 Å². The van der Waals surface area contributed by atoms with Gasteiger partial charge in [-0.15, -0.1) is 0 Å². The highest BCUT2D eigenvalue weighted by Crippen LogP contribution is 2.27. The zero-order valence-corrected chi connectivity index (χ0v) is 16.9. The quantitative estimate of drug-likeness (QED) is 0.443. The van der Waals surface area contributed by atoms with Crippen LogP contribution in [0.15, 0.2) is 43.0 Å². The van der Waals surface area contributed by atoms with Crippen molar-refractivity contribution in [3.05, 3.63) is 54.1 Å². The molecular weight excluding hydrogens is 372 g/mol. The van der Waals surface area contributed by atoms with Crippen molar-refractivity contribution in [3.63, 3.8) is 0 Å². The van der Waals surface area contributed by atoms with Crippen LogP contribution >= 0.6 is 0 Å². The zero-order chi connectivity index (χ0) is 21.2. The number of aromatic hydroxyl groups is 1. The number of fused-ring (bicyclic) bond motifs is 1. The third kappa shape index (κ3) is 7.06. The number of aliphatic hydroxyl groups excluding tert-OH is 1. The molecule has 3 atom stereocenters. The topological polar surface area (TPSA) is 93.1 Å². The number of aryl methyl sites for hydroxylation is 1. The number of hydrogen-bond donors (Lipinski definition) is 2. The SMILES string of the molecule is C=CCOC(=O)/C=C/CC1CC(O)C(C)CCCCc2cccc(O)c2C(=O)O1. The molecule has 0 saturated heterocycles. The second kappa shape index (κ2) is 11.4. The number of aliphatic hydroxyl groups is 1. The fraction of sp³-hybridized carbons (Fsp3) is 0.478. The maximum Gasteiger partial charge on any atom is 0.342 e. The van der Waals surface area contributed by atoms with Gasteiger partial charge in [0.1, 0.15) is 24.0 Å². The van der Waals surface area contributed by atoms with Crippen molar-refractivity contribution in [2.75, 3.05) is 6.61 Å². The third-order valence-electron chi connectivity index (χ3n) is 5.12. The molecule has 0 spiro atoms. The Labute approximate surface area is 171 Å². The lowest BCUT2D eigenvalue weighted by Crippen LogP contribution is -2.28. The molecule has 0 fully saturated rings. The molecule has 1 aromatic rings. The molecule has 1 aliphatic rings. The Bertz CT molecular complexity index is 739. The van der Waals surface area contributed by atoms with Crippen LogP contribution < -0.4 is 0 Å². The monoisotopic (exact) mass is 402 g/mol. The Morgan fingerprint density at radius 3 is 2.93 bits per heavy atom. The molecule has 158 valence electrons. The van der Waals surface area contributed by atoms with Crippen molar-refractivity contribution >= 4 is 11.9 Å². The van der Waals surface area contributed by atoms with Gasteiger partial charge >= 0.3 is 11.9 Å². The summed E-state index contributed by atoms with van der Waals surface area (Å²) in [6, 6.07) is 5.01. The Morgan fingerprint density at radius 2 is 2.17 bits per heavy atom. The van der Waals surface area contributed by atoms with Crippen LogP contribution in [-0.2, 0) is 20.7 Å². The molecule has 2 rings (SSSR count). The minimum atomic E-state index is -0.629. The molecule has 0 aromatic heterocycles. The lowest BCUT2D eigenvalue weighted by atomic mass is 9.91. The number of ether oxygens (including phenoxy) is 2. The summed E-state index contributed by atoms with van der Waals surface area (Å²) in [5.74, 6) is -1.17. The van der Waals surface area contributed by atoms with Crippen LogP contribution in [0.3, 0.4) is 0 Å². The predicted molar refractivity (Wildman–Crippen MR) is 110 cm³/mol. The summed E-state index contributed by atoms with van der Waals surface area (Å²) in [5.41, 5.74) is 0.932. The Hall–Kier alpha value is -2.60. The molecule has 1 heterocycles. The van der Waals surface area contributed by atoms with E-state index in [-0.39, 0.29) is 36.7 Å². The molecule has 1 aromatic carbocycles. The van der Waals surface area contributed by atoms with Crippen LogP contribution in [0.2, 0.25) is 0 Å². The van der Waals surface area contributed by atoms with Gasteiger partial charge in [0, 0.05) is 18.9 Å². The van der Waals surface area contributed by atoms with Gasteiger partial charge in [-0.05, 0) is 36.8 Å². The number of phenolic OH excluding ortho intramolecular Hbond substituents is 1. The van der Waals surface area contributed by atoms with Gasteiger partial charge in [-0.3, -0.25) is 0 Å². The van der Waals surface area contributed by atoms with Gasteiger partial charge in [0.05, 0.1) is 6.10 Å². The van der Waals surface area contributed by atoms with Gasteiger partial charge in [-0.2, -0.15) is 0 Å². The molecule has 0 radical (unpaired) electrons. The van der Waals surface area contributed by atoms with Gasteiger partial charge in [0.25, 0.3) is 0 Å². The molecule has 0 amide bonds. The first-order chi connectivity index (χ1) is 13.9. The number of cyclic esters (lactones) is 1. The van der Waals surface area contributed by atoms with Crippen molar-refractivity contribution in [2.45, 2.75) is 57.7 Å². The average molecular weight is 402 g/mol. The minimum absolute atomic E-state index is 0.0702. The summed E-state index contributed by atoms with van der Waals surface area (Å²) >= 11 is 0. The first kappa shape index (κ1) is 22.7.